The Morgan fingerprint density at radius 2 is 2.05 bits per heavy atom. The molecule has 0 aliphatic heterocycles. The molecule has 0 saturated heterocycles. The second-order valence-corrected chi connectivity index (χ2v) is 4.38. The molecule has 3 rings (SSSR count). The van der Waals surface area contributed by atoms with E-state index < -0.39 is 5.97 Å². The van der Waals surface area contributed by atoms with Gasteiger partial charge in [-0.15, -0.1) is 0 Å². The van der Waals surface area contributed by atoms with Crippen molar-refractivity contribution in [2.45, 2.75) is 6.92 Å². The minimum Gasteiger partial charge on any atom is -0.478 e. The summed E-state index contributed by atoms with van der Waals surface area (Å²) in [6.07, 6.45) is 3.43. The van der Waals surface area contributed by atoms with Crippen molar-refractivity contribution < 1.29 is 14.6 Å². The molecule has 2 aromatic heterocycles. The minimum atomic E-state index is -1.01. The first kappa shape index (κ1) is 12.2. The average Bonchev–Trinajstić information content (AvgIpc) is 2.90. The maximum Gasteiger partial charge on any atom is 0.339 e. The average molecular weight is 268 g/mol. The molecule has 5 heteroatoms. The van der Waals surface area contributed by atoms with Crippen LogP contribution in [0.2, 0.25) is 0 Å². The van der Waals surface area contributed by atoms with E-state index in [-0.39, 0.29) is 5.56 Å². The van der Waals surface area contributed by atoms with Gasteiger partial charge in [0.1, 0.15) is 17.0 Å². The van der Waals surface area contributed by atoms with E-state index in [1.165, 1.54) is 6.07 Å². The number of aromatic nitrogens is 2. The molecule has 0 aliphatic carbocycles. The van der Waals surface area contributed by atoms with Crippen LogP contribution in [-0.4, -0.2) is 20.5 Å². The van der Waals surface area contributed by atoms with E-state index in [1.54, 1.807) is 28.9 Å². The highest BCUT2D eigenvalue weighted by molar-refractivity contribution is 5.91. The Labute approximate surface area is 115 Å². The van der Waals surface area contributed by atoms with Crippen molar-refractivity contribution in [1.29, 1.82) is 0 Å². The largest absolute Gasteiger partial charge is 0.478 e. The highest BCUT2D eigenvalue weighted by atomic mass is 16.5. The molecular formula is C15H12N2O3. The summed E-state index contributed by atoms with van der Waals surface area (Å²) < 4.78 is 7.58. The Bertz CT molecular complexity index is 793. The van der Waals surface area contributed by atoms with Gasteiger partial charge in [0.05, 0.1) is 0 Å². The Balaban J connectivity index is 2.12. The van der Waals surface area contributed by atoms with Gasteiger partial charge in [0.25, 0.3) is 0 Å². The number of pyridine rings is 1. The van der Waals surface area contributed by atoms with Crippen molar-refractivity contribution >= 4 is 11.6 Å². The molecule has 0 unspecified atom stereocenters. The zero-order valence-electron chi connectivity index (χ0n) is 10.8. The molecule has 0 fully saturated rings. The monoisotopic (exact) mass is 268 g/mol. The SMILES string of the molecule is Cc1cccc(C(=O)O)c1Oc1cccc2nccn12. The Morgan fingerprint density at radius 1 is 1.25 bits per heavy atom. The molecule has 1 N–H and O–H groups in total. The third-order valence-electron chi connectivity index (χ3n) is 3.04. The lowest BCUT2D eigenvalue weighted by atomic mass is 10.1. The van der Waals surface area contributed by atoms with Crippen molar-refractivity contribution in [3.63, 3.8) is 0 Å². The van der Waals surface area contributed by atoms with Crippen LogP contribution in [0.3, 0.4) is 0 Å². The molecule has 0 amide bonds. The third-order valence-corrected chi connectivity index (χ3v) is 3.04. The fraction of sp³-hybridized carbons (Fsp3) is 0.0667. The summed E-state index contributed by atoms with van der Waals surface area (Å²) in [6.45, 7) is 1.82. The number of carboxylic acids is 1. The van der Waals surface area contributed by atoms with Crippen LogP contribution in [0.4, 0.5) is 0 Å². The molecule has 100 valence electrons. The van der Waals surface area contributed by atoms with Crippen molar-refractivity contribution in [3.8, 4) is 11.6 Å². The van der Waals surface area contributed by atoms with Crippen LogP contribution in [0.25, 0.3) is 5.65 Å². The number of imidazole rings is 1. The van der Waals surface area contributed by atoms with E-state index >= 15 is 0 Å². The highest BCUT2D eigenvalue weighted by Crippen LogP contribution is 2.29. The first-order valence-electron chi connectivity index (χ1n) is 6.09. The number of nitrogens with zero attached hydrogens (tertiary/aromatic N) is 2. The highest BCUT2D eigenvalue weighted by Gasteiger charge is 2.15. The molecule has 0 radical (unpaired) electrons. The summed E-state index contributed by atoms with van der Waals surface area (Å²) in [7, 11) is 0. The molecule has 0 atom stereocenters. The number of ether oxygens (including phenoxy) is 1. The smallest absolute Gasteiger partial charge is 0.339 e. The van der Waals surface area contributed by atoms with E-state index in [0.29, 0.717) is 11.6 Å². The van der Waals surface area contributed by atoms with E-state index in [9.17, 15) is 9.90 Å². The molecule has 0 saturated carbocycles. The van der Waals surface area contributed by atoms with Gasteiger partial charge in [0, 0.05) is 12.4 Å². The van der Waals surface area contributed by atoms with Crippen molar-refractivity contribution in [3.05, 3.63) is 59.9 Å². The normalized spacial score (nSPS) is 10.7. The molecule has 0 aliphatic rings. The summed E-state index contributed by atoms with van der Waals surface area (Å²) in [4.78, 5) is 15.4. The molecule has 2 heterocycles. The first-order chi connectivity index (χ1) is 9.66. The summed E-state index contributed by atoms with van der Waals surface area (Å²) in [5.74, 6) is -0.139. The lowest BCUT2D eigenvalue weighted by Gasteiger charge is -2.12. The first-order valence-corrected chi connectivity index (χ1v) is 6.09. The quantitative estimate of drug-likeness (QED) is 0.792. The van der Waals surface area contributed by atoms with Crippen LogP contribution in [-0.2, 0) is 0 Å². The fourth-order valence-corrected chi connectivity index (χ4v) is 2.07. The van der Waals surface area contributed by atoms with Gasteiger partial charge in [0.2, 0.25) is 5.88 Å². The van der Waals surface area contributed by atoms with Crippen molar-refractivity contribution in [2.75, 3.05) is 0 Å². The Kier molecular flexibility index (Phi) is 2.87. The number of aromatic carboxylic acids is 1. The van der Waals surface area contributed by atoms with Crippen molar-refractivity contribution in [2.24, 2.45) is 0 Å². The Morgan fingerprint density at radius 3 is 2.85 bits per heavy atom. The van der Waals surface area contributed by atoms with Crippen LogP contribution in [0.5, 0.6) is 11.6 Å². The molecule has 3 aromatic rings. The predicted octanol–water partition coefficient (Wildman–Crippen LogP) is 3.13. The number of para-hydroxylation sites is 1. The molecule has 1 aromatic carbocycles. The lowest BCUT2D eigenvalue weighted by Crippen LogP contribution is -2.03. The molecular weight excluding hydrogens is 256 g/mol. The van der Waals surface area contributed by atoms with E-state index in [2.05, 4.69) is 4.98 Å². The van der Waals surface area contributed by atoms with Crippen LogP contribution >= 0.6 is 0 Å². The molecule has 20 heavy (non-hydrogen) atoms. The van der Waals surface area contributed by atoms with Gasteiger partial charge >= 0.3 is 5.97 Å². The van der Waals surface area contributed by atoms with Crippen LogP contribution in [0, 0.1) is 6.92 Å². The Hall–Kier alpha value is -2.82. The summed E-state index contributed by atoms with van der Waals surface area (Å²) in [5.41, 5.74) is 1.65. The van der Waals surface area contributed by atoms with Gasteiger partial charge < -0.3 is 9.84 Å². The standard InChI is InChI=1S/C15H12N2O3/c1-10-4-2-5-11(15(18)19)14(10)20-13-7-3-6-12-16-8-9-17(12)13/h2-9H,1H3,(H,18,19). The maximum absolute atomic E-state index is 11.3. The summed E-state index contributed by atoms with van der Waals surface area (Å²) >= 11 is 0. The van der Waals surface area contributed by atoms with E-state index in [0.717, 1.165) is 11.2 Å². The van der Waals surface area contributed by atoms with Gasteiger partial charge in [-0.1, -0.05) is 18.2 Å². The van der Waals surface area contributed by atoms with Crippen molar-refractivity contribution in [1.82, 2.24) is 9.38 Å². The fourth-order valence-electron chi connectivity index (χ4n) is 2.07. The van der Waals surface area contributed by atoms with Crippen LogP contribution in [0.1, 0.15) is 15.9 Å². The number of aryl methyl sites for hydroxylation is 1. The number of rotatable bonds is 3. The zero-order chi connectivity index (χ0) is 14.1. The van der Waals surface area contributed by atoms with Gasteiger partial charge in [-0.25, -0.2) is 9.78 Å². The van der Waals surface area contributed by atoms with Crippen LogP contribution in [0.15, 0.2) is 48.8 Å². The van der Waals surface area contributed by atoms with Crippen LogP contribution < -0.4 is 4.74 Å². The topological polar surface area (TPSA) is 63.8 Å². The minimum absolute atomic E-state index is 0.141. The number of carboxylic acid groups (broad SMARTS) is 1. The number of carbonyl (C=O) groups is 1. The maximum atomic E-state index is 11.3. The zero-order valence-corrected chi connectivity index (χ0v) is 10.8. The van der Waals surface area contributed by atoms with Gasteiger partial charge in [-0.3, -0.25) is 4.40 Å². The number of hydrogen-bond donors (Lipinski definition) is 1. The predicted molar refractivity (Wildman–Crippen MR) is 73.4 cm³/mol. The third kappa shape index (κ3) is 1.99. The molecule has 5 nitrogen and oxygen atoms in total. The molecule has 0 bridgehead atoms. The lowest BCUT2D eigenvalue weighted by molar-refractivity contribution is 0.0694. The number of fused-ring (bicyclic) bond motifs is 1. The summed E-state index contributed by atoms with van der Waals surface area (Å²) in [5, 5.41) is 9.24. The molecule has 0 spiro atoms. The van der Waals surface area contributed by atoms with E-state index in [4.69, 9.17) is 4.74 Å². The number of hydrogen-bond acceptors (Lipinski definition) is 3. The van der Waals surface area contributed by atoms with Gasteiger partial charge in [-0.2, -0.15) is 0 Å². The van der Waals surface area contributed by atoms with Gasteiger partial charge in [-0.05, 0) is 30.7 Å². The second kappa shape index (κ2) is 4.70. The second-order valence-electron chi connectivity index (χ2n) is 4.38. The van der Waals surface area contributed by atoms with E-state index in [1.807, 2.05) is 25.1 Å². The number of benzene rings is 1. The van der Waals surface area contributed by atoms with Gasteiger partial charge in [0.15, 0.2) is 0 Å². The summed E-state index contributed by atoms with van der Waals surface area (Å²) in [6, 6.07) is 10.5.